The van der Waals surface area contributed by atoms with E-state index in [0.717, 1.165) is 13.0 Å². The average molecular weight is 189 g/mol. The van der Waals surface area contributed by atoms with Crippen molar-refractivity contribution >= 4 is 5.97 Å². The Morgan fingerprint density at radius 1 is 1.62 bits per heavy atom. The molecule has 0 spiro atoms. The number of carbonyl (C=O) groups is 1. The van der Waals surface area contributed by atoms with Crippen LogP contribution >= 0.6 is 0 Å². The molecule has 0 aromatic rings. The third-order valence-corrected chi connectivity index (χ3v) is 1.80. The van der Waals surface area contributed by atoms with Crippen LogP contribution in [-0.2, 0) is 4.79 Å². The molecule has 5 nitrogen and oxygen atoms in total. The first kappa shape index (κ1) is 12.3. The fourth-order valence-corrected chi connectivity index (χ4v) is 1.02. The summed E-state index contributed by atoms with van der Waals surface area (Å²) in [4.78, 5) is 10.4. The summed E-state index contributed by atoms with van der Waals surface area (Å²) in [7, 11) is 0. The van der Waals surface area contributed by atoms with Crippen LogP contribution in [0.25, 0.3) is 0 Å². The Morgan fingerprint density at radius 2 is 2.23 bits per heavy atom. The molecule has 0 aliphatic carbocycles. The number of carboxylic acids is 1. The number of nitrogens with one attached hydrogen (secondary N) is 1. The minimum Gasteiger partial charge on any atom is -0.480 e. The first-order valence-corrected chi connectivity index (χ1v) is 4.49. The largest absolute Gasteiger partial charge is 0.480 e. The van der Waals surface area contributed by atoms with Crippen LogP contribution < -0.4 is 16.8 Å². The van der Waals surface area contributed by atoms with E-state index in [1.807, 2.05) is 6.92 Å². The van der Waals surface area contributed by atoms with Gasteiger partial charge in [0.05, 0.1) is 0 Å². The maximum absolute atomic E-state index is 10.4. The van der Waals surface area contributed by atoms with Crippen molar-refractivity contribution in [3.8, 4) is 0 Å². The number of hydrogen-bond donors (Lipinski definition) is 4. The number of carboxylic acid groups (broad SMARTS) is 1. The second-order valence-corrected chi connectivity index (χ2v) is 3.18. The van der Waals surface area contributed by atoms with Gasteiger partial charge in [-0.25, -0.2) is 0 Å². The number of aliphatic carboxylic acids is 1. The predicted molar refractivity (Wildman–Crippen MR) is 51.4 cm³/mol. The Morgan fingerprint density at radius 3 is 2.69 bits per heavy atom. The van der Waals surface area contributed by atoms with Gasteiger partial charge in [0.25, 0.3) is 0 Å². The van der Waals surface area contributed by atoms with E-state index in [9.17, 15) is 4.79 Å². The molecule has 6 N–H and O–H groups in total. The summed E-state index contributed by atoms with van der Waals surface area (Å²) in [6.45, 7) is 3.37. The molecule has 0 saturated carbocycles. The Balaban J connectivity index is 3.49. The molecule has 0 aromatic carbocycles. The van der Waals surface area contributed by atoms with Crippen LogP contribution in [0.4, 0.5) is 0 Å². The first-order valence-electron chi connectivity index (χ1n) is 4.49. The zero-order valence-corrected chi connectivity index (χ0v) is 7.99. The maximum Gasteiger partial charge on any atom is 0.320 e. The lowest BCUT2D eigenvalue weighted by atomic mass is 10.1. The van der Waals surface area contributed by atoms with Crippen LogP contribution in [-0.4, -0.2) is 36.2 Å². The van der Waals surface area contributed by atoms with Crippen LogP contribution in [0.15, 0.2) is 0 Å². The second kappa shape index (κ2) is 6.82. The molecule has 0 unspecified atom stereocenters. The van der Waals surface area contributed by atoms with Gasteiger partial charge in [-0.3, -0.25) is 4.79 Å². The summed E-state index contributed by atoms with van der Waals surface area (Å²) < 4.78 is 0. The molecule has 0 rings (SSSR count). The molecule has 0 aromatic heterocycles. The number of rotatable bonds is 7. The first-order chi connectivity index (χ1) is 6.07. The van der Waals surface area contributed by atoms with Gasteiger partial charge >= 0.3 is 5.97 Å². The Bertz CT molecular complexity index is 152. The van der Waals surface area contributed by atoms with E-state index in [4.69, 9.17) is 16.6 Å². The van der Waals surface area contributed by atoms with Gasteiger partial charge in [0.2, 0.25) is 0 Å². The fourth-order valence-electron chi connectivity index (χ4n) is 1.02. The van der Waals surface area contributed by atoms with E-state index in [1.165, 1.54) is 0 Å². The third kappa shape index (κ3) is 6.51. The molecule has 0 aliphatic heterocycles. The van der Waals surface area contributed by atoms with E-state index in [1.54, 1.807) is 0 Å². The van der Waals surface area contributed by atoms with E-state index < -0.39 is 12.0 Å². The molecule has 0 fully saturated rings. The highest BCUT2D eigenvalue weighted by atomic mass is 16.4. The van der Waals surface area contributed by atoms with Gasteiger partial charge in [-0.15, -0.1) is 0 Å². The summed E-state index contributed by atoms with van der Waals surface area (Å²) in [6, 6.07) is -0.655. The van der Waals surface area contributed by atoms with Crippen molar-refractivity contribution < 1.29 is 9.90 Å². The monoisotopic (exact) mass is 189 g/mol. The summed E-state index contributed by atoms with van der Waals surface area (Å²) in [5.74, 6) is -0.951. The minimum absolute atomic E-state index is 0.123. The molecule has 0 saturated heterocycles. The lowest BCUT2D eigenvalue weighted by Gasteiger charge is -2.15. The third-order valence-electron chi connectivity index (χ3n) is 1.80. The molecule has 0 amide bonds. The molecule has 0 radical (unpaired) electrons. The van der Waals surface area contributed by atoms with E-state index in [2.05, 4.69) is 5.32 Å². The Labute approximate surface area is 78.5 Å². The van der Waals surface area contributed by atoms with Crippen molar-refractivity contribution in [3.05, 3.63) is 0 Å². The van der Waals surface area contributed by atoms with Gasteiger partial charge in [0.15, 0.2) is 0 Å². The normalized spacial score (nSPS) is 15.3. The minimum atomic E-state index is -0.951. The van der Waals surface area contributed by atoms with Gasteiger partial charge in [0, 0.05) is 6.04 Å². The van der Waals surface area contributed by atoms with Gasteiger partial charge < -0.3 is 21.9 Å². The molecule has 0 heterocycles. The fraction of sp³-hybridized carbons (Fsp3) is 0.875. The van der Waals surface area contributed by atoms with Gasteiger partial charge in [-0.1, -0.05) is 0 Å². The van der Waals surface area contributed by atoms with Crippen molar-refractivity contribution in [2.75, 3.05) is 13.1 Å². The number of nitrogens with two attached hydrogens (primary N) is 2. The average Bonchev–Trinajstić information content (AvgIpc) is 2.04. The zero-order valence-electron chi connectivity index (χ0n) is 7.99. The number of hydrogen-bond acceptors (Lipinski definition) is 4. The lowest BCUT2D eigenvalue weighted by molar-refractivity contribution is -0.138. The predicted octanol–water partition coefficient (Wildman–Crippen LogP) is -0.885. The summed E-state index contributed by atoms with van der Waals surface area (Å²) in [6.07, 6.45) is 1.34. The smallest absolute Gasteiger partial charge is 0.320 e. The van der Waals surface area contributed by atoms with Crippen molar-refractivity contribution in [1.82, 2.24) is 5.32 Å². The van der Waals surface area contributed by atoms with Gasteiger partial charge in [-0.2, -0.15) is 0 Å². The van der Waals surface area contributed by atoms with Crippen LogP contribution in [0.3, 0.4) is 0 Å². The standard InChI is InChI=1S/C8H19N3O2/c1-6(11-4-2-3-9)5-7(10)8(12)13/h6-7,11H,2-5,9-10H2,1H3,(H,12,13)/t6-,7+/m1/s1. The molecular weight excluding hydrogens is 170 g/mol. The SMILES string of the molecule is C[C@H](C[C@H](N)C(=O)O)NCCCN. The van der Waals surface area contributed by atoms with Crippen molar-refractivity contribution in [3.63, 3.8) is 0 Å². The molecule has 0 bridgehead atoms. The molecule has 2 atom stereocenters. The van der Waals surface area contributed by atoms with Crippen LogP contribution in [0, 0.1) is 0 Å². The zero-order chi connectivity index (χ0) is 10.3. The quantitative estimate of drug-likeness (QED) is 0.389. The van der Waals surface area contributed by atoms with E-state index in [-0.39, 0.29) is 6.04 Å². The Hall–Kier alpha value is -0.650. The molecule has 0 aliphatic rings. The second-order valence-electron chi connectivity index (χ2n) is 3.18. The van der Waals surface area contributed by atoms with E-state index >= 15 is 0 Å². The molecule has 5 heteroatoms. The lowest BCUT2D eigenvalue weighted by Crippen LogP contribution is -2.39. The van der Waals surface area contributed by atoms with E-state index in [0.29, 0.717) is 13.0 Å². The van der Waals surface area contributed by atoms with Crippen molar-refractivity contribution in [2.45, 2.75) is 31.8 Å². The molecule has 13 heavy (non-hydrogen) atoms. The highest BCUT2D eigenvalue weighted by Gasteiger charge is 2.14. The molecular formula is C8H19N3O2. The summed E-state index contributed by atoms with van der Waals surface area (Å²) in [5, 5.41) is 11.7. The highest BCUT2D eigenvalue weighted by Crippen LogP contribution is 1.95. The van der Waals surface area contributed by atoms with Crippen LogP contribution in [0.1, 0.15) is 19.8 Å². The molecule has 78 valence electrons. The summed E-state index contributed by atoms with van der Waals surface area (Å²) >= 11 is 0. The topological polar surface area (TPSA) is 101 Å². The van der Waals surface area contributed by atoms with Crippen molar-refractivity contribution in [2.24, 2.45) is 11.5 Å². The highest BCUT2D eigenvalue weighted by molar-refractivity contribution is 5.73. The van der Waals surface area contributed by atoms with Crippen molar-refractivity contribution in [1.29, 1.82) is 0 Å². The Kier molecular flexibility index (Phi) is 6.48. The van der Waals surface area contributed by atoms with Gasteiger partial charge in [0.1, 0.15) is 6.04 Å². The maximum atomic E-state index is 10.4. The summed E-state index contributed by atoms with van der Waals surface area (Å²) in [5.41, 5.74) is 10.7. The van der Waals surface area contributed by atoms with Gasteiger partial charge in [-0.05, 0) is 32.9 Å². The van der Waals surface area contributed by atoms with Crippen LogP contribution in [0.2, 0.25) is 0 Å². The van der Waals surface area contributed by atoms with Crippen LogP contribution in [0.5, 0.6) is 0 Å².